The minimum absolute atomic E-state index is 0.249. The van der Waals surface area contributed by atoms with Crippen LogP contribution < -0.4 is 5.32 Å². The summed E-state index contributed by atoms with van der Waals surface area (Å²) in [7, 11) is 1.71. The van der Waals surface area contributed by atoms with Gasteiger partial charge in [0.15, 0.2) is 0 Å². The van der Waals surface area contributed by atoms with Gasteiger partial charge in [0.25, 0.3) is 5.91 Å². The zero-order chi connectivity index (χ0) is 15.0. The quantitative estimate of drug-likeness (QED) is 0.782. The van der Waals surface area contributed by atoms with E-state index in [1.807, 2.05) is 42.5 Å². The number of fused-ring (bicyclic) bond motifs is 1. The second-order valence-electron chi connectivity index (χ2n) is 4.89. The molecule has 0 radical (unpaired) electrons. The molecule has 0 atom stereocenters. The summed E-state index contributed by atoms with van der Waals surface area (Å²) in [5, 5.41) is 9.56. The number of rotatable bonds is 2. The highest BCUT2D eigenvalue weighted by Crippen LogP contribution is 2.22. The van der Waals surface area contributed by atoms with Crippen molar-refractivity contribution in [2.75, 3.05) is 5.32 Å². The Morgan fingerprint density at radius 3 is 2.57 bits per heavy atom. The lowest BCUT2D eigenvalue weighted by Gasteiger charge is -2.06. The van der Waals surface area contributed by atoms with Crippen molar-refractivity contribution in [3.8, 4) is 0 Å². The van der Waals surface area contributed by atoms with E-state index in [1.165, 1.54) is 4.68 Å². The standard InChI is InChI=1S/C16H14ClN3O/c1-10-14(15(17)20(2)19-10)16(21)18-13-8-7-11-5-3-4-6-12(11)9-13/h3-9H,1-2H3,(H,18,21). The Morgan fingerprint density at radius 1 is 1.19 bits per heavy atom. The molecular weight excluding hydrogens is 286 g/mol. The summed E-state index contributed by atoms with van der Waals surface area (Å²) in [6, 6.07) is 13.8. The second kappa shape index (κ2) is 5.22. The number of benzene rings is 2. The first-order valence-electron chi connectivity index (χ1n) is 6.55. The Bertz CT molecular complexity index is 839. The minimum atomic E-state index is -0.249. The Labute approximate surface area is 127 Å². The van der Waals surface area contributed by atoms with E-state index in [2.05, 4.69) is 10.4 Å². The van der Waals surface area contributed by atoms with E-state index < -0.39 is 0 Å². The Balaban J connectivity index is 1.92. The number of aryl methyl sites for hydroxylation is 2. The highest BCUT2D eigenvalue weighted by Gasteiger charge is 2.18. The van der Waals surface area contributed by atoms with E-state index >= 15 is 0 Å². The van der Waals surface area contributed by atoms with Crippen molar-refractivity contribution in [1.29, 1.82) is 0 Å². The predicted molar refractivity (Wildman–Crippen MR) is 84.9 cm³/mol. The first-order valence-corrected chi connectivity index (χ1v) is 6.93. The molecule has 0 aliphatic carbocycles. The zero-order valence-corrected chi connectivity index (χ0v) is 12.5. The van der Waals surface area contributed by atoms with Crippen molar-refractivity contribution >= 4 is 34.0 Å². The number of hydrogen-bond acceptors (Lipinski definition) is 2. The number of carbonyl (C=O) groups excluding carboxylic acids is 1. The number of hydrogen-bond donors (Lipinski definition) is 1. The summed E-state index contributed by atoms with van der Waals surface area (Å²) < 4.78 is 1.49. The number of amides is 1. The molecule has 0 aliphatic rings. The lowest BCUT2D eigenvalue weighted by atomic mass is 10.1. The summed E-state index contributed by atoms with van der Waals surface area (Å²) in [4.78, 5) is 12.4. The van der Waals surface area contributed by atoms with E-state index in [4.69, 9.17) is 11.6 Å². The SMILES string of the molecule is Cc1nn(C)c(Cl)c1C(=O)Nc1ccc2ccccc2c1. The smallest absolute Gasteiger partial charge is 0.260 e. The first kappa shape index (κ1) is 13.6. The van der Waals surface area contributed by atoms with Gasteiger partial charge in [-0.25, -0.2) is 0 Å². The summed E-state index contributed by atoms with van der Waals surface area (Å²) in [5.74, 6) is -0.249. The maximum atomic E-state index is 12.4. The average molecular weight is 300 g/mol. The van der Waals surface area contributed by atoms with Crippen LogP contribution in [0.2, 0.25) is 5.15 Å². The van der Waals surface area contributed by atoms with E-state index in [0.29, 0.717) is 16.4 Å². The van der Waals surface area contributed by atoms with E-state index in [-0.39, 0.29) is 5.91 Å². The Hall–Kier alpha value is -2.33. The third kappa shape index (κ3) is 2.50. The molecule has 3 rings (SSSR count). The lowest BCUT2D eigenvalue weighted by Crippen LogP contribution is -2.13. The topological polar surface area (TPSA) is 46.9 Å². The van der Waals surface area contributed by atoms with Crippen LogP contribution in [0.1, 0.15) is 16.1 Å². The predicted octanol–water partition coefficient (Wildman–Crippen LogP) is 3.79. The molecule has 0 saturated carbocycles. The molecule has 0 spiro atoms. The fourth-order valence-corrected chi connectivity index (χ4v) is 2.61. The van der Waals surface area contributed by atoms with Crippen molar-refractivity contribution in [2.24, 2.45) is 7.05 Å². The highest BCUT2D eigenvalue weighted by molar-refractivity contribution is 6.33. The number of aromatic nitrogens is 2. The summed E-state index contributed by atoms with van der Waals surface area (Å²) >= 11 is 6.11. The first-order chi connectivity index (χ1) is 10.1. The van der Waals surface area contributed by atoms with E-state index in [0.717, 1.165) is 16.5 Å². The second-order valence-corrected chi connectivity index (χ2v) is 5.25. The molecule has 2 aromatic carbocycles. The van der Waals surface area contributed by atoms with Crippen molar-refractivity contribution in [3.63, 3.8) is 0 Å². The highest BCUT2D eigenvalue weighted by atomic mass is 35.5. The average Bonchev–Trinajstić information content (AvgIpc) is 2.72. The van der Waals surface area contributed by atoms with Crippen LogP contribution in [0, 0.1) is 6.92 Å². The van der Waals surface area contributed by atoms with E-state index in [9.17, 15) is 4.79 Å². The number of halogens is 1. The van der Waals surface area contributed by atoms with Gasteiger partial charge in [0.2, 0.25) is 0 Å². The molecule has 1 heterocycles. The molecule has 0 unspecified atom stereocenters. The van der Waals surface area contributed by atoms with Gasteiger partial charge in [-0.1, -0.05) is 41.9 Å². The van der Waals surface area contributed by atoms with Crippen LogP contribution in [0.25, 0.3) is 10.8 Å². The molecule has 1 N–H and O–H groups in total. The van der Waals surface area contributed by atoms with Crippen LogP contribution in [0.5, 0.6) is 0 Å². The van der Waals surface area contributed by atoms with Crippen LogP contribution >= 0.6 is 11.6 Å². The van der Waals surface area contributed by atoms with Gasteiger partial charge < -0.3 is 5.32 Å². The molecule has 3 aromatic rings. The van der Waals surface area contributed by atoms with Crippen molar-refractivity contribution < 1.29 is 4.79 Å². The summed E-state index contributed by atoms with van der Waals surface area (Å²) in [5.41, 5.74) is 1.76. The molecule has 4 nitrogen and oxygen atoms in total. The fraction of sp³-hybridized carbons (Fsp3) is 0.125. The Morgan fingerprint density at radius 2 is 1.90 bits per heavy atom. The maximum Gasteiger partial charge on any atom is 0.260 e. The molecular formula is C16H14ClN3O. The monoisotopic (exact) mass is 299 g/mol. The van der Waals surface area contributed by atoms with E-state index in [1.54, 1.807) is 14.0 Å². The number of carbonyl (C=O) groups is 1. The summed E-state index contributed by atoms with van der Waals surface area (Å²) in [6.45, 7) is 1.77. The van der Waals surface area contributed by atoms with Gasteiger partial charge in [0.1, 0.15) is 5.15 Å². The number of nitrogens with zero attached hydrogens (tertiary/aromatic N) is 2. The van der Waals surface area contributed by atoms with Crippen LogP contribution in [0.15, 0.2) is 42.5 Å². The van der Waals surface area contributed by atoms with Gasteiger partial charge in [-0.15, -0.1) is 0 Å². The van der Waals surface area contributed by atoms with Crippen LogP contribution in [0.4, 0.5) is 5.69 Å². The van der Waals surface area contributed by atoms with Crippen LogP contribution in [-0.2, 0) is 7.05 Å². The van der Waals surface area contributed by atoms with Gasteiger partial charge in [0.05, 0.1) is 11.3 Å². The van der Waals surface area contributed by atoms with Gasteiger partial charge in [-0.05, 0) is 29.8 Å². The minimum Gasteiger partial charge on any atom is -0.322 e. The van der Waals surface area contributed by atoms with Gasteiger partial charge in [0, 0.05) is 12.7 Å². The third-order valence-electron chi connectivity index (χ3n) is 3.39. The molecule has 106 valence electrons. The zero-order valence-electron chi connectivity index (χ0n) is 11.7. The molecule has 0 saturated heterocycles. The molecule has 1 aromatic heterocycles. The van der Waals surface area contributed by atoms with Crippen molar-refractivity contribution in [1.82, 2.24) is 9.78 Å². The van der Waals surface area contributed by atoms with Gasteiger partial charge in [-0.3, -0.25) is 9.48 Å². The lowest BCUT2D eigenvalue weighted by molar-refractivity contribution is 0.102. The van der Waals surface area contributed by atoms with Crippen LogP contribution in [-0.4, -0.2) is 15.7 Å². The van der Waals surface area contributed by atoms with Crippen molar-refractivity contribution in [2.45, 2.75) is 6.92 Å². The third-order valence-corrected chi connectivity index (χ3v) is 3.82. The molecule has 1 amide bonds. The van der Waals surface area contributed by atoms with Crippen LogP contribution in [0.3, 0.4) is 0 Å². The fourth-order valence-electron chi connectivity index (χ4n) is 2.35. The molecule has 0 aliphatic heterocycles. The Kier molecular flexibility index (Phi) is 3.39. The molecule has 21 heavy (non-hydrogen) atoms. The van der Waals surface area contributed by atoms with Gasteiger partial charge in [-0.2, -0.15) is 5.10 Å². The largest absolute Gasteiger partial charge is 0.322 e. The van der Waals surface area contributed by atoms with Gasteiger partial charge >= 0.3 is 0 Å². The molecule has 5 heteroatoms. The normalized spacial score (nSPS) is 10.8. The van der Waals surface area contributed by atoms with Crippen molar-refractivity contribution in [3.05, 3.63) is 58.9 Å². The number of anilines is 1. The number of nitrogens with one attached hydrogen (secondary N) is 1. The summed E-state index contributed by atoms with van der Waals surface area (Å²) in [6.07, 6.45) is 0. The molecule has 0 bridgehead atoms. The maximum absolute atomic E-state index is 12.4. The molecule has 0 fully saturated rings.